The molecule has 0 atom stereocenters. The fourth-order valence-corrected chi connectivity index (χ4v) is 3.31. The molecule has 0 N–H and O–H groups in total. The van der Waals surface area contributed by atoms with Gasteiger partial charge in [0.1, 0.15) is 5.82 Å². The summed E-state index contributed by atoms with van der Waals surface area (Å²) in [6, 6.07) is 24.2. The number of carbonyl (C=O) groups excluding carboxylic acids is 1. The molecule has 0 spiro atoms. The van der Waals surface area contributed by atoms with Crippen molar-refractivity contribution in [2.45, 2.75) is 13.1 Å². The Morgan fingerprint density at radius 3 is 2.35 bits per heavy atom. The number of amides is 1. The number of nitrogens with zero attached hydrogens (tertiary/aromatic N) is 1. The summed E-state index contributed by atoms with van der Waals surface area (Å²) in [4.78, 5) is 14.9. The molecule has 0 radical (unpaired) electrons. The summed E-state index contributed by atoms with van der Waals surface area (Å²) in [5.41, 5.74) is 4.26. The Morgan fingerprint density at radius 2 is 1.62 bits per heavy atom. The molecule has 2 nitrogen and oxygen atoms in total. The van der Waals surface area contributed by atoms with Gasteiger partial charge in [-0.1, -0.05) is 66.7 Å². The summed E-state index contributed by atoms with van der Waals surface area (Å²) in [5.74, 6) is -0.311. The van der Waals surface area contributed by atoms with Crippen LogP contribution in [0.2, 0.25) is 0 Å². The molecule has 0 unspecified atom stereocenters. The Balaban J connectivity index is 1.76. The van der Waals surface area contributed by atoms with E-state index in [0.717, 1.165) is 22.3 Å². The van der Waals surface area contributed by atoms with Crippen LogP contribution in [0, 0.1) is 5.82 Å². The van der Waals surface area contributed by atoms with Crippen molar-refractivity contribution in [1.82, 2.24) is 4.90 Å². The van der Waals surface area contributed by atoms with Crippen molar-refractivity contribution in [2.24, 2.45) is 0 Å². The summed E-state index contributed by atoms with van der Waals surface area (Å²) in [5, 5.41) is 0. The maximum absolute atomic E-state index is 13.8. The number of fused-ring (bicyclic) bond motifs is 1. The largest absolute Gasteiger partial charge is 0.330 e. The third-order valence-corrected chi connectivity index (χ3v) is 4.56. The first-order valence-electron chi connectivity index (χ1n) is 8.59. The summed E-state index contributed by atoms with van der Waals surface area (Å²) >= 11 is 0. The first kappa shape index (κ1) is 16.3. The molecular formula is C23H18FNO. The van der Waals surface area contributed by atoms with Gasteiger partial charge in [-0.3, -0.25) is 4.79 Å². The highest BCUT2D eigenvalue weighted by molar-refractivity contribution is 6.25. The normalized spacial score (nSPS) is 15.2. The van der Waals surface area contributed by atoms with Gasteiger partial charge in [0, 0.05) is 18.7 Å². The van der Waals surface area contributed by atoms with Gasteiger partial charge in [0.05, 0.1) is 0 Å². The number of halogens is 1. The van der Waals surface area contributed by atoms with E-state index in [1.807, 2.05) is 66.7 Å². The van der Waals surface area contributed by atoms with Crippen LogP contribution in [0.5, 0.6) is 0 Å². The lowest BCUT2D eigenvalue weighted by Gasteiger charge is -2.30. The van der Waals surface area contributed by atoms with Crippen LogP contribution in [0.15, 0.2) is 78.9 Å². The zero-order valence-electron chi connectivity index (χ0n) is 14.2. The quantitative estimate of drug-likeness (QED) is 0.619. The molecule has 0 aromatic heterocycles. The number of hydrogen-bond donors (Lipinski definition) is 0. The highest BCUT2D eigenvalue weighted by atomic mass is 19.1. The molecule has 4 rings (SSSR count). The summed E-state index contributed by atoms with van der Waals surface area (Å²) in [7, 11) is 0. The molecule has 1 aliphatic rings. The van der Waals surface area contributed by atoms with E-state index in [1.54, 1.807) is 11.0 Å². The van der Waals surface area contributed by atoms with Crippen molar-refractivity contribution in [3.05, 3.63) is 107 Å². The van der Waals surface area contributed by atoms with E-state index in [1.165, 1.54) is 12.1 Å². The molecule has 0 aliphatic carbocycles. The predicted molar refractivity (Wildman–Crippen MR) is 101 cm³/mol. The van der Waals surface area contributed by atoms with Crippen LogP contribution < -0.4 is 0 Å². The monoisotopic (exact) mass is 343 g/mol. The number of carbonyl (C=O) groups is 1. The molecular weight excluding hydrogens is 325 g/mol. The standard InChI is InChI=1S/C23H18FNO/c24-20-11-12-21-19(14-20)16-25(15-18-9-5-2-6-10-18)23(26)22(21)13-17-7-3-1-4-8-17/h1-14H,15-16H2/b22-13-. The Morgan fingerprint density at radius 1 is 0.923 bits per heavy atom. The van der Waals surface area contributed by atoms with Crippen molar-refractivity contribution in [1.29, 1.82) is 0 Å². The predicted octanol–water partition coefficient (Wildman–Crippen LogP) is 4.91. The average Bonchev–Trinajstić information content (AvgIpc) is 2.67. The van der Waals surface area contributed by atoms with Crippen molar-refractivity contribution in [2.75, 3.05) is 0 Å². The molecule has 1 aliphatic heterocycles. The minimum Gasteiger partial charge on any atom is -0.330 e. The lowest BCUT2D eigenvalue weighted by Crippen LogP contribution is -2.35. The number of rotatable bonds is 3. The Bertz CT molecular complexity index is 964. The fourth-order valence-electron chi connectivity index (χ4n) is 3.31. The Labute approximate surface area is 152 Å². The molecule has 26 heavy (non-hydrogen) atoms. The van der Waals surface area contributed by atoms with Crippen molar-refractivity contribution >= 4 is 17.6 Å². The summed E-state index contributed by atoms with van der Waals surface area (Å²) < 4.78 is 13.8. The molecule has 3 heteroatoms. The highest BCUT2D eigenvalue weighted by Gasteiger charge is 2.28. The van der Waals surface area contributed by atoms with E-state index in [0.29, 0.717) is 18.7 Å². The van der Waals surface area contributed by atoms with Crippen LogP contribution in [0.3, 0.4) is 0 Å². The van der Waals surface area contributed by atoms with E-state index in [4.69, 9.17) is 0 Å². The number of benzene rings is 3. The molecule has 128 valence electrons. The van der Waals surface area contributed by atoms with E-state index in [2.05, 4.69) is 0 Å². The molecule has 0 saturated heterocycles. The molecule has 0 saturated carbocycles. The zero-order chi connectivity index (χ0) is 17.9. The first-order chi connectivity index (χ1) is 12.7. The average molecular weight is 343 g/mol. The molecule has 3 aromatic rings. The number of hydrogen-bond acceptors (Lipinski definition) is 1. The van der Waals surface area contributed by atoms with E-state index >= 15 is 0 Å². The summed E-state index contributed by atoms with van der Waals surface area (Å²) in [6.07, 6.45) is 1.89. The second-order valence-electron chi connectivity index (χ2n) is 6.42. The van der Waals surface area contributed by atoms with Crippen LogP contribution in [0.25, 0.3) is 11.6 Å². The smallest absolute Gasteiger partial charge is 0.255 e. The van der Waals surface area contributed by atoms with Crippen LogP contribution in [0.4, 0.5) is 4.39 Å². The van der Waals surface area contributed by atoms with Gasteiger partial charge in [-0.05, 0) is 40.5 Å². The maximum Gasteiger partial charge on any atom is 0.255 e. The molecule has 1 heterocycles. The molecule has 0 fully saturated rings. The topological polar surface area (TPSA) is 20.3 Å². The van der Waals surface area contributed by atoms with E-state index in [9.17, 15) is 9.18 Å². The second kappa shape index (κ2) is 6.96. The van der Waals surface area contributed by atoms with E-state index < -0.39 is 0 Å². The van der Waals surface area contributed by atoms with Crippen molar-refractivity contribution in [3.8, 4) is 0 Å². The van der Waals surface area contributed by atoms with Crippen LogP contribution in [-0.2, 0) is 17.9 Å². The SMILES string of the molecule is O=C1/C(=C\c2ccccc2)c2ccc(F)cc2CN1Cc1ccccc1. The molecule has 0 bridgehead atoms. The van der Waals surface area contributed by atoms with Crippen LogP contribution in [-0.4, -0.2) is 10.8 Å². The maximum atomic E-state index is 13.8. The third-order valence-electron chi connectivity index (χ3n) is 4.56. The van der Waals surface area contributed by atoms with Gasteiger partial charge < -0.3 is 4.90 Å². The van der Waals surface area contributed by atoms with Crippen molar-refractivity contribution < 1.29 is 9.18 Å². The second-order valence-corrected chi connectivity index (χ2v) is 6.42. The first-order valence-corrected chi connectivity index (χ1v) is 8.59. The Kier molecular flexibility index (Phi) is 4.36. The lowest BCUT2D eigenvalue weighted by molar-refractivity contribution is -0.126. The summed E-state index contributed by atoms with van der Waals surface area (Å²) in [6.45, 7) is 0.911. The van der Waals surface area contributed by atoms with Gasteiger partial charge in [0.2, 0.25) is 0 Å². The fraction of sp³-hybridized carbons (Fsp3) is 0.0870. The minimum atomic E-state index is -0.281. The highest BCUT2D eigenvalue weighted by Crippen LogP contribution is 2.31. The lowest BCUT2D eigenvalue weighted by atomic mass is 9.92. The van der Waals surface area contributed by atoms with Gasteiger partial charge in [0.25, 0.3) is 5.91 Å². The van der Waals surface area contributed by atoms with Gasteiger partial charge in [-0.15, -0.1) is 0 Å². The molecule has 1 amide bonds. The minimum absolute atomic E-state index is 0.0307. The van der Waals surface area contributed by atoms with Crippen LogP contribution >= 0.6 is 0 Å². The van der Waals surface area contributed by atoms with Gasteiger partial charge in [0.15, 0.2) is 0 Å². The van der Waals surface area contributed by atoms with Gasteiger partial charge in [-0.2, -0.15) is 0 Å². The van der Waals surface area contributed by atoms with E-state index in [-0.39, 0.29) is 11.7 Å². The third kappa shape index (κ3) is 3.29. The Hall–Kier alpha value is -3.20. The zero-order valence-corrected chi connectivity index (χ0v) is 14.2. The van der Waals surface area contributed by atoms with Gasteiger partial charge >= 0.3 is 0 Å². The van der Waals surface area contributed by atoms with Gasteiger partial charge in [-0.25, -0.2) is 4.39 Å². The molecule has 3 aromatic carbocycles. The van der Waals surface area contributed by atoms with Crippen LogP contribution in [0.1, 0.15) is 22.3 Å². The van der Waals surface area contributed by atoms with Crippen molar-refractivity contribution in [3.63, 3.8) is 0 Å².